The zero-order valence-electron chi connectivity index (χ0n) is 14.8. The summed E-state index contributed by atoms with van der Waals surface area (Å²) in [7, 11) is 1.40. The van der Waals surface area contributed by atoms with E-state index in [0.717, 1.165) is 12.1 Å². The molecular weight excluding hydrogens is 401 g/mol. The second-order valence-corrected chi connectivity index (χ2v) is 5.30. The number of nitro benzene ring substituents is 1. The van der Waals surface area contributed by atoms with Crippen LogP contribution in [-0.4, -0.2) is 34.2 Å². The summed E-state index contributed by atoms with van der Waals surface area (Å²) < 4.78 is 43.1. The molecule has 0 amide bonds. The van der Waals surface area contributed by atoms with Gasteiger partial charge in [0.05, 0.1) is 23.3 Å². The maximum Gasteiger partial charge on any atom is 0.416 e. The van der Waals surface area contributed by atoms with E-state index in [1.54, 1.807) is 0 Å². The van der Waals surface area contributed by atoms with Gasteiger partial charge in [0.1, 0.15) is 5.75 Å². The Bertz CT molecular complexity index is 889. The Balaban J connectivity index is 0.000000612. The number of nitrogens with zero attached hydrogens (tertiary/aromatic N) is 1. The van der Waals surface area contributed by atoms with Gasteiger partial charge in [0.25, 0.3) is 5.69 Å². The molecule has 12 heteroatoms. The van der Waals surface area contributed by atoms with Crippen molar-refractivity contribution < 1.29 is 42.6 Å². The van der Waals surface area contributed by atoms with E-state index in [1.165, 1.54) is 37.4 Å². The van der Waals surface area contributed by atoms with Crippen molar-refractivity contribution in [2.75, 3.05) is 12.4 Å². The number of methoxy groups -OCH3 is 1. The number of carbonyl (C=O) groups is 2. The number of rotatable bonds is 5. The molecule has 3 N–H and O–H groups in total. The molecule has 0 aliphatic heterocycles. The lowest BCUT2D eigenvalue weighted by atomic mass is 10.1. The molecular formula is C17H15F3N2O7. The predicted molar refractivity (Wildman–Crippen MR) is 93.7 cm³/mol. The van der Waals surface area contributed by atoms with Crippen LogP contribution in [-0.2, 0) is 22.3 Å². The van der Waals surface area contributed by atoms with Gasteiger partial charge in [-0.3, -0.25) is 10.1 Å². The van der Waals surface area contributed by atoms with E-state index in [9.17, 15) is 23.3 Å². The van der Waals surface area contributed by atoms with Crippen LogP contribution < -0.4 is 10.1 Å². The number of anilines is 1. The molecule has 9 nitrogen and oxygen atoms in total. The van der Waals surface area contributed by atoms with E-state index in [4.69, 9.17) is 24.5 Å². The fourth-order valence-electron chi connectivity index (χ4n) is 2.00. The number of aliphatic carboxylic acids is 2. The molecule has 0 aliphatic carbocycles. The Hall–Kier alpha value is -3.83. The highest BCUT2D eigenvalue weighted by Crippen LogP contribution is 2.31. The summed E-state index contributed by atoms with van der Waals surface area (Å²) in [5, 5.41) is 28.4. The minimum absolute atomic E-state index is 0.0709. The SMILES string of the molecule is COc1ccc([N+](=O)[O-])cc1NCc1cccc(C(F)(F)F)c1.O=C(O)C(=O)O. The van der Waals surface area contributed by atoms with Crippen LogP contribution >= 0.6 is 0 Å². The van der Waals surface area contributed by atoms with Gasteiger partial charge in [0.2, 0.25) is 0 Å². The van der Waals surface area contributed by atoms with Gasteiger partial charge < -0.3 is 20.3 Å². The Labute approximate surface area is 161 Å². The number of carboxylic acid groups (broad SMARTS) is 2. The second kappa shape index (κ2) is 9.92. The Morgan fingerprint density at radius 3 is 2.24 bits per heavy atom. The molecule has 2 rings (SSSR count). The minimum Gasteiger partial charge on any atom is -0.495 e. The van der Waals surface area contributed by atoms with Crippen molar-refractivity contribution in [1.29, 1.82) is 0 Å². The molecule has 29 heavy (non-hydrogen) atoms. The lowest BCUT2D eigenvalue weighted by molar-refractivity contribution is -0.384. The van der Waals surface area contributed by atoms with E-state index < -0.39 is 28.6 Å². The van der Waals surface area contributed by atoms with Crippen molar-refractivity contribution in [2.45, 2.75) is 12.7 Å². The van der Waals surface area contributed by atoms with Gasteiger partial charge in [0.15, 0.2) is 0 Å². The van der Waals surface area contributed by atoms with E-state index in [1.807, 2.05) is 0 Å². The van der Waals surface area contributed by atoms with Crippen molar-refractivity contribution in [2.24, 2.45) is 0 Å². The van der Waals surface area contributed by atoms with Gasteiger partial charge in [-0.15, -0.1) is 0 Å². The minimum atomic E-state index is -4.42. The third-order valence-corrected chi connectivity index (χ3v) is 3.31. The van der Waals surface area contributed by atoms with Crippen molar-refractivity contribution in [3.63, 3.8) is 0 Å². The van der Waals surface area contributed by atoms with Gasteiger partial charge in [-0.1, -0.05) is 12.1 Å². The number of benzene rings is 2. The van der Waals surface area contributed by atoms with Gasteiger partial charge >= 0.3 is 18.1 Å². The van der Waals surface area contributed by atoms with Crippen molar-refractivity contribution in [3.8, 4) is 5.75 Å². The van der Waals surface area contributed by atoms with Gasteiger partial charge in [0, 0.05) is 18.7 Å². The lowest BCUT2D eigenvalue weighted by Gasteiger charge is -2.12. The summed E-state index contributed by atoms with van der Waals surface area (Å²) in [4.78, 5) is 28.4. The van der Waals surface area contributed by atoms with Crippen LogP contribution in [0.15, 0.2) is 42.5 Å². The standard InChI is InChI=1S/C15H13F3N2O3.C2H2O4/c1-23-14-6-5-12(20(21)22)8-13(14)19-9-10-3-2-4-11(7-10)15(16,17)18;3-1(4)2(5)6/h2-8,19H,9H2,1H3;(H,3,4)(H,5,6). The Morgan fingerprint density at radius 1 is 1.14 bits per heavy atom. The number of halogens is 3. The third kappa shape index (κ3) is 7.36. The van der Waals surface area contributed by atoms with Gasteiger partial charge in [-0.25, -0.2) is 9.59 Å². The molecule has 0 aromatic heterocycles. The molecule has 0 heterocycles. The van der Waals surface area contributed by atoms with E-state index in [0.29, 0.717) is 17.0 Å². The molecule has 2 aromatic rings. The summed E-state index contributed by atoms with van der Waals surface area (Å²) in [5.74, 6) is -3.28. The number of hydrogen-bond donors (Lipinski definition) is 3. The summed E-state index contributed by atoms with van der Waals surface area (Å²) in [6.45, 7) is 0.0709. The molecule has 0 spiro atoms. The van der Waals surface area contributed by atoms with Crippen molar-refractivity contribution in [3.05, 3.63) is 63.7 Å². The van der Waals surface area contributed by atoms with Crippen molar-refractivity contribution in [1.82, 2.24) is 0 Å². The molecule has 0 aliphatic rings. The Morgan fingerprint density at radius 2 is 1.76 bits per heavy atom. The van der Waals surface area contributed by atoms with E-state index >= 15 is 0 Å². The monoisotopic (exact) mass is 416 g/mol. The van der Waals surface area contributed by atoms with E-state index in [2.05, 4.69) is 5.32 Å². The van der Waals surface area contributed by atoms with Gasteiger partial charge in [-0.2, -0.15) is 13.2 Å². The summed E-state index contributed by atoms with van der Waals surface area (Å²) >= 11 is 0. The summed E-state index contributed by atoms with van der Waals surface area (Å²) in [5.41, 5.74) is -0.160. The van der Waals surface area contributed by atoms with Crippen LogP contribution in [0.3, 0.4) is 0 Å². The fourth-order valence-corrected chi connectivity index (χ4v) is 2.00. The molecule has 0 bridgehead atoms. The summed E-state index contributed by atoms with van der Waals surface area (Å²) in [6.07, 6.45) is -4.42. The second-order valence-electron chi connectivity index (χ2n) is 5.30. The average molecular weight is 416 g/mol. The largest absolute Gasteiger partial charge is 0.495 e. The average Bonchev–Trinajstić information content (AvgIpc) is 2.66. The number of nitrogens with one attached hydrogen (secondary N) is 1. The first-order chi connectivity index (χ1) is 13.5. The topological polar surface area (TPSA) is 139 Å². The van der Waals surface area contributed by atoms with Crippen LogP contribution in [0.1, 0.15) is 11.1 Å². The molecule has 156 valence electrons. The normalized spacial score (nSPS) is 10.3. The van der Waals surface area contributed by atoms with Crippen LogP contribution in [0.5, 0.6) is 5.75 Å². The molecule has 0 atom stereocenters. The molecule has 0 radical (unpaired) electrons. The number of nitro groups is 1. The first-order valence-corrected chi connectivity index (χ1v) is 7.64. The highest BCUT2D eigenvalue weighted by molar-refractivity contribution is 6.27. The van der Waals surface area contributed by atoms with E-state index in [-0.39, 0.29) is 12.2 Å². The molecule has 0 saturated carbocycles. The number of ether oxygens (including phenoxy) is 1. The Kier molecular flexibility index (Phi) is 7.94. The molecule has 0 saturated heterocycles. The molecule has 0 fully saturated rings. The third-order valence-electron chi connectivity index (χ3n) is 3.31. The quantitative estimate of drug-likeness (QED) is 0.383. The molecule has 0 unspecified atom stereocenters. The number of alkyl halides is 3. The fraction of sp³-hybridized carbons (Fsp3) is 0.176. The maximum absolute atomic E-state index is 12.7. The summed E-state index contributed by atoms with van der Waals surface area (Å²) in [6, 6.07) is 8.83. The lowest BCUT2D eigenvalue weighted by Crippen LogP contribution is -2.09. The number of non-ortho nitro benzene ring substituents is 1. The van der Waals surface area contributed by atoms with Gasteiger partial charge in [-0.05, 0) is 23.8 Å². The number of carboxylic acids is 2. The van der Waals surface area contributed by atoms with Crippen molar-refractivity contribution >= 4 is 23.3 Å². The smallest absolute Gasteiger partial charge is 0.416 e. The van der Waals surface area contributed by atoms with Crippen LogP contribution in [0.4, 0.5) is 24.5 Å². The van der Waals surface area contributed by atoms with Crippen LogP contribution in [0, 0.1) is 10.1 Å². The highest BCUT2D eigenvalue weighted by atomic mass is 19.4. The maximum atomic E-state index is 12.7. The first kappa shape index (κ1) is 23.2. The zero-order valence-corrected chi connectivity index (χ0v) is 14.8. The highest BCUT2D eigenvalue weighted by Gasteiger charge is 2.30. The zero-order chi connectivity index (χ0) is 22.2. The molecule has 2 aromatic carbocycles. The number of hydrogen-bond acceptors (Lipinski definition) is 6. The predicted octanol–water partition coefficient (Wildman–Crippen LogP) is 3.39. The van der Waals surface area contributed by atoms with Crippen LogP contribution in [0.2, 0.25) is 0 Å². The van der Waals surface area contributed by atoms with Crippen LogP contribution in [0.25, 0.3) is 0 Å². The first-order valence-electron chi connectivity index (χ1n) is 7.64.